The van der Waals surface area contributed by atoms with Crippen LogP contribution in [0, 0.1) is 16.0 Å². The summed E-state index contributed by atoms with van der Waals surface area (Å²) in [5.74, 6) is 0.496. The van der Waals surface area contributed by atoms with Crippen molar-refractivity contribution in [2.75, 3.05) is 13.7 Å². The van der Waals surface area contributed by atoms with Crippen molar-refractivity contribution < 1.29 is 19.2 Å². The third-order valence-electron chi connectivity index (χ3n) is 5.49. The van der Waals surface area contributed by atoms with Crippen LogP contribution in [0.2, 0.25) is 0 Å². The number of likely N-dealkylation sites (tertiary alicyclic amines) is 1. The zero-order valence-corrected chi connectivity index (χ0v) is 16.4. The van der Waals surface area contributed by atoms with Crippen LogP contribution in [0.1, 0.15) is 39.7 Å². The van der Waals surface area contributed by atoms with E-state index in [-0.39, 0.29) is 29.6 Å². The summed E-state index contributed by atoms with van der Waals surface area (Å²) in [7, 11) is 1.41. The van der Waals surface area contributed by atoms with Crippen molar-refractivity contribution in [2.24, 2.45) is 5.92 Å². The molecule has 2 fully saturated rings. The lowest BCUT2D eigenvalue weighted by molar-refractivity contribution is -0.385. The first-order valence-corrected chi connectivity index (χ1v) is 9.37. The Bertz CT molecular complexity index is 948. The van der Waals surface area contributed by atoms with Gasteiger partial charge in [-0.25, -0.2) is 4.79 Å². The van der Waals surface area contributed by atoms with Crippen LogP contribution >= 0.6 is 0 Å². The molecule has 0 spiro atoms. The molecule has 0 radical (unpaired) electrons. The van der Waals surface area contributed by atoms with E-state index in [1.54, 1.807) is 6.07 Å². The van der Waals surface area contributed by atoms with E-state index in [0.29, 0.717) is 23.4 Å². The summed E-state index contributed by atoms with van der Waals surface area (Å²) >= 11 is 0. The molecule has 9 nitrogen and oxygen atoms in total. The maximum absolute atomic E-state index is 12.4. The van der Waals surface area contributed by atoms with E-state index < -0.39 is 10.5 Å². The van der Waals surface area contributed by atoms with Gasteiger partial charge in [-0.1, -0.05) is 0 Å². The van der Waals surface area contributed by atoms with Gasteiger partial charge in [-0.05, 0) is 33.6 Å². The maximum Gasteiger partial charge on any atom is 0.410 e. The van der Waals surface area contributed by atoms with Gasteiger partial charge in [0.05, 0.1) is 23.6 Å². The first-order chi connectivity index (χ1) is 13.2. The molecule has 4 rings (SSSR count). The number of nitro groups is 1. The Morgan fingerprint density at radius 1 is 1.32 bits per heavy atom. The van der Waals surface area contributed by atoms with Crippen molar-refractivity contribution >= 4 is 22.7 Å². The van der Waals surface area contributed by atoms with E-state index in [0.717, 1.165) is 12.8 Å². The van der Waals surface area contributed by atoms with Crippen molar-refractivity contribution in [2.45, 2.75) is 51.3 Å². The van der Waals surface area contributed by atoms with E-state index in [4.69, 9.17) is 9.47 Å². The number of carbonyl (C=O) groups is 1. The van der Waals surface area contributed by atoms with Crippen molar-refractivity contribution in [1.82, 2.24) is 14.7 Å². The van der Waals surface area contributed by atoms with E-state index in [1.165, 1.54) is 13.2 Å². The second kappa shape index (κ2) is 6.35. The standard InChI is InChI=1S/C19H24N4O5/c1-19(2,3)28-18(24)21-9-12-5-13(21)7-15(12)22-10-11-6-16(23(25)26)17(27-4)8-14(11)20-22/h6,8,10,12-13,15H,5,7,9H2,1-4H3/t12-,13-,15-/m0/s1. The van der Waals surface area contributed by atoms with Gasteiger partial charge in [-0.3, -0.25) is 14.8 Å². The van der Waals surface area contributed by atoms with Gasteiger partial charge in [0, 0.05) is 42.2 Å². The number of benzene rings is 1. The number of aromatic nitrogens is 2. The lowest BCUT2D eigenvalue weighted by Crippen LogP contribution is -2.43. The summed E-state index contributed by atoms with van der Waals surface area (Å²) < 4.78 is 12.5. The van der Waals surface area contributed by atoms with Crippen molar-refractivity contribution in [3.63, 3.8) is 0 Å². The number of fused-ring (bicyclic) bond motifs is 3. The highest BCUT2D eigenvalue weighted by atomic mass is 16.6. The number of methoxy groups -OCH3 is 1. The van der Waals surface area contributed by atoms with Gasteiger partial charge in [0.15, 0.2) is 5.75 Å². The predicted molar refractivity (Wildman–Crippen MR) is 101 cm³/mol. The van der Waals surface area contributed by atoms with Crippen LogP contribution in [-0.4, -0.2) is 51.0 Å². The molecule has 2 heterocycles. The Morgan fingerprint density at radius 2 is 2.07 bits per heavy atom. The van der Waals surface area contributed by atoms with Crippen molar-refractivity contribution in [1.29, 1.82) is 0 Å². The van der Waals surface area contributed by atoms with Gasteiger partial charge in [0.1, 0.15) is 5.60 Å². The second-order valence-corrected chi connectivity index (χ2v) is 8.53. The van der Waals surface area contributed by atoms with E-state index in [9.17, 15) is 14.9 Å². The number of nitrogens with zero attached hydrogens (tertiary/aromatic N) is 4. The van der Waals surface area contributed by atoms with Crippen LogP contribution in [0.3, 0.4) is 0 Å². The minimum absolute atomic E-state index is 0.0707. The summed E-state index contributed by atoms with van der Waals surface area (Å²) in [6.45, 7) is 6.24. The van der Waals surface area contributed by atoms with E-state index in [2.05, 4.69) is 5.10 Å². The number of piperidine rings is 1. The third kappa shape index (κ3) is 3.14. The molecule has 1 saturated heterocycles. The predicted octanol–water partition coefficient (Wildman–Crippen LogP) is 3.52. The molecule has 2 aliphatic rings. The van der Waals surface area contributed by atoms with Gasteiger partial charge in [-0.2, -0.15) is 5.10 Å². The molecule has 2 aromatic rings. The smallest absolute Gasteiger partial charge is 0.410 e. The minimum Gasteiger partial charge on any atom is -0.490 e. The fourth-order valence-electron chi connectivity index (χ4n) is 4.33. The van der Waals surface area contributed by atoms with Crippen LogP contribution in [-0.2, 0) is 4.74 Å². The fraction of sp³-hybridized carbons (Fsp3) is 0.579. The lowest BCUT2D eigenvalue weighted by atomic mass is 10.0. The van der Waals surface area contributed by atoms with Gasteiger partial charge in [0.25, 0.3) is 0 Å². The molecule has 9 heteroatoms. The topological polar surface area (TPSA) is 99.7 Å². The van der Waals surface area contributed by atoms with Crippen molar-refractivity contribution in [3.8, 4) is 5.75 Å². The molecule has 0 unspecified atom stereocenters. The molecule has 1 aliphatic heterocycles. The molecule has 1 amide bonds. The minimum atomic E-state index is -0.508. The lowest BCUT2D eigenvalue weighted by Gasteiger charge is -2.33. The third-order valence-corrected chi connectivity index (χ3v) is 5.49. The number of ether oxygens (including phenoxy) is 2. The van der Waals surface area contributed by atoms with Gasteiger partial charge in [0.2, 0.25) is 0 Å². The molecule has 150 valence electrons. The molecule has 1 saturated carbocycles. The summed E-state index contributed by atoms with van der Waals surface area (Å²) in [6, 6.07) is 3.41. The van der Waals surface area contributed by atoms with Gasteiger partial charge >= 0.3 is 11.8 Å². The molecular formula is C19H24N4O5. The number of hydrogen-bond acceptors (Lipinski definition) is 6. The molecule has 1 aromatic carbocycles. The Labute approximate surface area is 162 Å². The number of nitro benzene ring substituents is 1. The molecule has 3 atom stereocenters. The average molecular weight is 388 g/mol. The maximum atomic E-state index is 12.4. The Morgan fingerprint density at radius 3 is 2.64 bits per heavy atom. The Kier molecular flexibility index (Phi) is 4.20. The average Bonchev–Trinajstić information content (AvgIpc) is 3.31. The first-order valence-electron chi connectivity index (χ1n) is 9.37. The zero-order chi connectivity index (χ0) is 20.2. The highest BCUT2D eigenvalue weighted by molar-refractivity contribution is 5.83. The second-order valence-electron chi connectivity index (χ2n) is 8.53. The van der Waals surface area contributed by atoms with Crippen LogP contribution in [0.15, 0.2) is 18.3 Å². The van der Waals surface area contributed by atoms with Gasteiger partial charge in [-0.15, -0.1) is 0 Å². The highest BCUT2D eigenvalue weighted by Gasteiger charge is 2.48. The number of amides is 1. The Balaban J connectivity index is 1.55. The molecular weight excluding hydrogens is 364 g/mol. The summed E-state index contributed by atoms with van der Waals surface area (Å²) in [6.07, 6.45) is 3.32. The van der Waals surface area contributed by atoms with Crippen LogP contribution in [0.4, 0.5) is 10.5 Å². The fourth-order valence-corrected chi connectivity index (χ4v) is 4.33. The SMILES string of the molecule is COc1cc2nn([C@H]3C[C@@H]4C[C@H]3CN4C(=O)OC(C)(C)C)cc2cc1[N+](=O)[O-]. The summed E-state index contributed by atoms with van der Waals surface area (Å²) in [5, 5.41) is 16.6. The van der Waals surface area contributed by atoms with Crippen molar-refractivity contribution in [3.05, 3.63) is 28.4 Å². The van der Waals surface area contributed by atoms with E-state index in [1.807, 2.05) is 36.5 Å². The summed E-state index contributed by atoms with van der Waals surface area (Å²) in [5.41, 5.74) is 0.0824. The first kappa shape index (κ1) is 18.5. The normalized spacial score (nSPS) is 24.0. The molecule has 28 heavy (non-hydrogen) atoms. The van der Waals surface area contributed by atoms with E-state index >= 15 is 0 Å². The zero-order valence-electron chi connectivity index (χ0n) is 16.4. The number of rotatable bonds is 3. The van der Waals surface area contributed by atoms with Gasteiger partial charge < -0.3 is 14.4 Å². The van der Waals surface area contributed by atoms with Crippen LogP contribution in [0.25, 0.3) is 10.9 Å². The molecule has 0 N–H and O–H groups in total. The van der Waals surface area contributed by atoms with Crippen LogP contribution < -0.4 is 4.74 Å². The molecule has 2 bridgehead atoms. The number of carbonyl (C=O) groups excluding carboxylic acids is 1. The highest BCUT2D eigenvalue weighted by Crippen LogP contribution is 2.45. The Hall–Kier alpha value is -2.84. The molecule has 1 aliphatic carbocycles. The van der Waals surface area contributed by atoms with Crippen LogP contribution in [0.5, 0.6) is 5.75 Å². The number of hydrogen-bond donors (Lipinski definition) is 0. The summed E-state index contributed by atoms with van der Waals surface area (Å²) in [4.78, 5) is 25.0. The largest absolute Gasteiger partial charge is 0.490 e. The monoisotopic (exact) mass is 388 g/mol. The quantitative estimate of drug-likeness (QED) is 0.589. The molecule has 1 aromatic heterocycles.